The van der Waals surface area contributed by atoms with Gasteiger partial charge in [-0.15, -0.1) is 0 Å². The maximum Gasteiger partial charge on any atom is 0.125 e. The molecule has 0 aliphatic carbocycles. The van der Waals surface area contributed by atoms with Crippen molar-refractivity contribution in [1.29, 1.82) is 0 Å². The molecule has 0 spiro atoms. The number of piperidine rings is 1. The summed E-state index contributed by atoms with van der Waals surface area (Å²) in [6, 6.07) is 6.67. The Labute approximate surface area is 123 Å². The van der Waals surface area contributed by atoms with Gasteiger partial charge in [-0.3, -0.25) is 0 Å². The smallest absolute Gasteiger partial charge is 0.125 e. The lowest BCUT2D eigenvalue weighted by Gasteiger charge is -2.41. The lowest BCUT2D eigenvalue weighted by Crippen LogP contribution is -2.40. The van der Waals surface area contributed by atoms with Gasteiger partial charge in [0, 0.05) is 30.4 Å². The molecule has 1 atom stereocenters. The Morgan fingerprint density at radius 2 is 2.10 bits per heavy atom. The van der Waals surface area contributed by atoms with Crippen LogP contribution in [0.25, 0.3) is 0 Å². The molecule has 1 aliphatic heterocycles. The van der Waals surface area contributed by atoms with E-state index in [9.17, 15) is 0 Å². The third-order valence-corrected chi connectivity index (χ3v) is 4.37. The fourth-order valence-electron chi connectivity index (χ4n) is 3.19. The monoisotopic (exact) mass is 276 g/mol. The van der Waals surface area contributed by atoms with E-state index in [1.807, 2.05) is 7.05 Å². The van der Waals surface area contributed by atoms with Crippen molar-refractivity contribution in [2.24, 2.45) is 5.41 Å². The predicted octanol–water partition coefficient (Wildman–Crippen LogP) is 3.60. The molecule has 1 saturated heterocycles. The molecule has 1 N–H and O–H groups in total. The van der Waals surface area contributed by atoms with Crippen molar-refractivity contribution in [3.63, 3.8) is 0 Å². The number of methoxy groups -OCH3 is 1. The van der Waals surface area contributed by atoms with Gasteiger partial charge in [0.25, 0.3) is 0 Å². The normalized spacial score (nSPS) is 19.8. The standard InChI is InChI=1S/C17H28N2O/c1-13(18-4)16-14(8-6-9-15(16)20-5)19-11-7-10-17(2,3)12-19/h6,8-9,13,18H,7,10-12H2,1-5H3. The third kappa shape index (κ3) is 3.09. The Hall–Kier alpha value is -1.22. The van der Waals surface area contributed by atoms with E-state index >= 15 is 0 Å². The Kier molecular flexibility index (Phi) is 4.59. The molecule has 0 saturated carbocycles. The van der Waals surface area contributed by atoms with E-state index in [4.69, 9.17) is 4.74 Å². The molecular weight excluding hydrogens is 248 g/mol. The van der Waals surface area contributed by atoms with Gasteiger partial charge in [0.15, 0.2) is 0 Å². The molecule has 2 rings (SSSR count). The van der Waals surface area contributed by atoms with Crippen molar-refractivity contribution >= 4 is 5.69 Å². The van der Waals surface area contributed by atoms with Gasteiger partial charge in [0.05, 0.1) is 7.11 Å². The third-order valence-electron chi connectivity index (χ3n) is 4.37. The number of nitrogens with zero attached hydrogens (tertiary/aromatic N) is 1. The molecule has 0 aromatic heterocycles. The molecule has 1 aromatic rings. The number of anilines is 1. The first-order valence-corrected chi connectivity index (χ1v) is 7.57. The molecule has 1 heterocycles. The van der Waals surface area contributed by atoms with Crippen LogP contribution in [0.15, 0.2) is 18.2 Å². The van der Waals surface area contributed by atoms with Crippen molar-refractivity contribution in [3.05, 3.63) is 23.8 Å². The number of ether oxygens (including phenoxy) is 1. The lowest BCUT2D eigenvalue weighted by molar-refractivity contribution is 0.292. The van der Waals surface area contributed by atoms with E-state index in [0.29, 0.717) is 5.41 Å². The quantitative estimate of drug-likeness (QED) is 0.909. The van der Waals surface area contributed by atoms with Crippen LogP contribution < -0.4 is 15.0 Å². The fraction of sp³-hybridized carbons (Fsp3) is 0.647. The summed E-state index contributed by atoms with van der Waals surface area (Å²) in [6.07, 6.45) is 2.57. The highest BCUT2D eigenvalue weighted by atomic mass is 16.5. The summed E-state index contributed by atoms with van der Waals surface area (Å²) in [5.41, 5.74) is 2.98. The van der Waals surface area contributed by atoms with E-state index in [1.54, 1.807) is 7.11 Å². The first kappa shape index (κ1) is 15.2. The molecule has 3 nitrogen and oxygen atoms in total. The van der Waals surface area contributed by atoms with E-state index in [-0.39, 0.29) is 6.04 Å². The van der Waals surface area contributed by atoms with E-state index < -0.39 is 0 Å². The van der Waals surface area contributed by atoms with Crippen LogP contribution in [0, 0.1) is 5.41 Å². The number of benzene rings is 1. The van der Waals surface area contributed by atoms with Gasteiger partial charge < -0.3 is 15.0 Å². The molecule has 1 aliphatic rings. The minimum atomic E-state index is 0.284. The predicted molar refractivity (Wildman–Crippen MR) is 85.7 cm³/mol. The van der Waals surface area contributed by atoms with Crippen molar-refractivity contribution in [2.45, 2.75) is 39.7 Å². The summed E-state index contributed by atoms with van der Waals surface area (Å²) >= 11 is 0. The minimum Gasteiger partial charge on any atom is -0.496 e. The zero-order valence-corrected chi connectivity index (χ0v) is 13.5. The largest absolute Gasteiger partial charge is 0.496 e. The van der Waals surface area contributed by atoms with Crippen molar-refractivity contribution in [3.8, 4) is 5.75 Å². The fourth-order valence-corrected chi connectivity index (χ4v) is 3.19. The van der Waals surface area contributed by atoms with Gasteiger partial charge in [0.1, 0.15) is 5.75 Å². The average Bonchev–Trinajstić information content (AvgIpc) is 2.44. The number of hydrogen-bond donors (Lipinski definition) is 1. The molecule has 20 heavy (non-hydrogen) atoms. The van der Waals surface area contributed by atoms with Crippen LogP contribution in [0.2, 0.25) is 0 Å². The van der Waals surface area contributed by atoms with Crippen molar-refractivity contribution in [1.82, 2.24) is 5.32 Å². The van der Waals surface area contributed by atoms with Crippen molar-refractivity contribution in [2.75, 3.05) is 32.1 Å². The number of hydrogen-bond acceptors (Lipinski definition) is 3. The SMILES string of the molecule is CNC(C)c1c(OC)cccc1N1CCCC(C)(C)C1. The van der Waals surface area contributed by atoms with Gasteiger partial charge in [-0.25, -0.2) is 0 Å². The van der Waals surface area contributed by atoms with E-state index in [1.165, 1.54) is 24.1 Å². The second-order valence-corrected chi connectivity index (χ2v) is 6.59. The van der Waals surface area contributed by atoms with Gasteiger partial charge in [-0.05, 0) is 44.4 Å². The zero-order valence-electron chi connectivity index (χ0n) is 13.5. The average molecular weight is 276 g/mol. The first-order valence-electron chi connectivity index (χ1n) is 7.57. The van der Waals surface area contributed by atoms with Gasteiger partial charge in [-0.1, -0.05) is 19.9 Å². The topological polar surface area (TPSA) is 24.5 Å². The van der Waals surface area contributed by atoms with Crippen LogP contribution in [0.4, 0.5) is 5.69 Å². The summed E-state index contributed by atoms with van der Waals surface area (Å²) in [6.45, 7) is 9.17. The molecule has 0 radical (unpaired) electrons. The van der Waals surface area contributed by atoms with Gasteiger partial charge in [-0.2, -0.15) is 0 Å². The minimum absolute atomic E-state index is 0.284. The van der Waals surface area contributed by atoms with Gasteiger partial charge in [0.2, 0.25) is 0 Å². The van der Waals surface area contributed by atoms with Crippen LogP contribution >= 0.6 is 0 Å². The van der Waals surface area contributed by atoms with Crippen LogP contribution in [-0.2, 0) is 0 Å². The second-order valence-electron chi connectivity index (χ2n) is 6.59. The molecule has 112 valence electrons. The first-order chi connectivity index (χ1) is 9.48. The van der Waals surface area contributed by atoms with Crippen LogP contribution in [0.5, 0.6) is 5.75 Å². The molecule has 1 aromatic carbocycles. The number of rotatable bonds is 4. The highest BCUT2D eigenvalue weighted by Gasteiger charge is 2.29. The summed E-state index contributed by atoms with van der Waals surface area (Å²) in [7, 11) is 3.76. The molecule has 0 amide bonds. The van der Waals surface area contributed by atoms with Gasteiger partial charge >= 0.3 is 0 Å². The maximum atomic E-state index is 5.59. The van der Waals surface area contributed by atoms with Crippen molar-refractivity contribution < 1.29 is 4.74 Å². The Morgan fingerprint density at radius 3 is 2.70 bits per heavy atom. The Bertz CT molecular complexity index is 456. The molecule has 1 fully saturated rings. The van der Waals surface area contributed by atoms with E-state index in [0.717, 1.165) is 18.8 Å². The van der Waals surface area contributed by atoms with Crippen LogP contribution in [-0.4, -0.2) is 27.2 Å². The van der Waals surface area contributed by atoms with Crippen LogP contribution in [0.3, 0.4) is 0 Å². The lowest BCUT2D eigenvalue weighted by atomic mass is 9.83. The summed E-state index contributed by atoms with van der Waals surface area (Å²) in [5.74, 6) is 0.979. The van der Waals surface area contributed by atoms with Crippen LogP contribution in [0.1, 0.15) is 45.2 Å². The Morgan fingerprint density at radius 1 is 1.35 bits per heavy atom. The maximum absolute atomic E-state index is 5.59. The molecule has 1 unspecified atom stereocenters. The highest BCUT2D eigenvalue weighted by Crippen LogP contribution is 2.38. The zero-order chi connectivity index (χ0) is 14.8. The number of nitrogens with one attached hydrogen (secondary N) is 1. The summed E-state index contributed by atoms with van der Waals surface area (Å²) < 4.78 is 5.59. The molecular formula is C17H28N2O. The second kappa shape index (κ2) is 6.04. The molecule has 3 heteroatoms. The summed E-state index contributed by atoms with van der Waals surface area (Å²) in [4.78, 5) is 2.52. The Balaban J connectivity index is 2.40. The molecule has 0 bridgehead atoms. The van der Waals surface area contributed by atoms with E-state index in [2.05, 4.69) is 49.2 Å². The summed E-state index contributed by atoms with van der Waals surface area (Å²) in [5, 5.41) is 3.35. The highest BCUT2D eigenvalue weighted by molar-refractivity contribution is 5.61.